The Hall–Kier alpha value is -3.52. The number of hydrogen-bond donors (Lipinski definition) is 0. The molecule has 0 aliphatic carbocycles. The van der Waals surface area contributed by atoms with Crippen LogP contribution in [0.2, 0.25) is 0 Å². The molecule has 3 rings (SSSR count). The van der Waals surface area contributed by atoms with E-state index in [0.717, 1.165) is 25.7 Å². The fourth-order valence-electron chi connectivity index (χ4n) is 4.29. The molecule has 0 fully saturated rings. The molecular weight excluding hydrogens is 487 g/mol. The monoisotopic (exact) mass is 524 g/mol. The molecule has 0 spiro atoms. The van der Waals surface area contributed by atoms with E-state index in [4.69, 9.17) is 9.15 Å². The van der Waals surface area contributed by atoms with Gasteiger partial charge in [-0.1, -0.05) is 50.5 Å². The molecule has 38 heavy (non-hydrogen) atoms. The van der Waals surface area contributed by atoms with Gasteiger partial charge in [-0.2, -0.15) is 0 Å². The van der Waals surface area contributed by atoms with Gasteiger partial charge in [0.2, 0.25) is 11.8 Å². The van der Waals surface area contributed by atoms with Crippen LogP contribution in [0.25, 0.3) is 11.0 Å². The Bertz CT molecular complexity index is 1240. The molecule has 8 heteroatoms. The number of para-hydroxylation sites is 1. The third-order valence-electron chi connectivity index (χ3n) is 6.45. The number of carbonyl (C=O) groups excluding carboxylic acids is 2. The van der Waals surface area contributed by atoms with Crippen LogP contribution in [0.3, 0.4) is 0 Å². The summed E-state index contributed by atoms with van der Waals surface area (Å²) in [6, 6.07) is 12.8. The second-order valence-corrected chi connectivity index (χ2v) is 9.43. The van der Waals surface area contributed by atoms with Gasteiger partial charge in [-0.15, -0.1) is 0 Å². The highest BCUT2D eigenvalue weighted by Gasteiger charge is 2.23. The highest BCUT2D eigenvalue weighted by Crippen LogP contribution is 2.15. The predicted octanol–water partition coefficient (Wildman–Crippen LogP) is 5.30. The van der Waals surface area contributed by atoms with Crippen LogP contribution in [-0.4, -0.2) is 48.4 Å². The molecule has 0 bridgehead atoms. The van der Waals surface area contributed by atoms with E-state index in [1.54, 1.807) is 48.4 Å². The number of nitrogens with zero attached hydrogens (tertiary/aromatic N) is 2. The van der Waals surface area contributed by atoms with E-state index in [0.29, 0.717) is 48.1 Å². The summed E-state index contributed by atoms with van der Waals surface area (Å²) in [5, 5.41) is 0.433. The van der Waals surface area contributed by atoms with Crippen LogP contribution in [0, 0.1) is 5.82 Å². The van der Waals surface area contributed by atoms with Crippen LogP contribution in [0.5, 0.6) is 0 Å². The van der Waals surface area contributed by atoms with Crippen molar-refractivity contribution in [1.29, 1.82) is 0 Å². The topological polar surface area (TPSA) is 80.1 Å². The van der Waals surface area contributed by atoms with Gasteiger partial charge in [0, 0.05) is 33.2 Å². The van der Waals surface area contributed by atoms with E-state index in [1.807, 2.05) is 0 Å². The molecule has 204 valence electrons. The lowest BCUT2D eigenvalue weighted by atomic mass is 10.1. The summed E-state index contributed by atoms with van der Waals surface area (Å²) in [5.74, 6) is -0.751. The molecule has 2 amide bonds. The lowest BCUT2D eigenvalue weighted by Gasteiger charge is -2.28. The molecular formula is C30H37FN2O5. The van der Waals surface area contributed by atoms with Crippen molar-refractivity contribution in [3.63, 3.8) is 0 Å². The van der Waals surface area contributed by atoms with Crippen LogP contribution in [0.15, 0.2) is 64.0 Å². The molecule has 1 heterocycles. The van der Waals surface area contributed by atoms with Crippen molar-refractivity contribution in [3.8, 4) is 0 Å². The second-order valence-electron chi connectivity index (χ2n) is 9.43. The molecule has 0 N–H and O–H groups in total. The Labute approximate surface area is 223 Å². The number of methoxy groups -OCH3 is 1. The zero-order valence-corrected chi connectivity index (χ0v) is 22.3. The minimum atomic E-state index is -0.375. The van der Waals surface area contributed by atoms with Crippen LogP contribution < -0.4 is 5.43 Å². The number of benzene rings is 2. The summed E-state index contributed by atoms with van der Waals surface area (Å²) in [6.07, 6.45) is 6.25. The summed E-state index contributed by atoms with van der Waals surface area (Å²) in [6.45, 7) is 3.03. The Morgan fingerprint density at radius 2 is 1.68 bits per heavy atom. The Morgan fingerprint density at radius 3 is 2.42 bits per heavy atom. The summed E-state index contributed by atoms with van der Waals surface area (Å²) in [7, 11) is 1.60. The highest BCUT2D eigenvalue weighted by molar-refractivity contribution is 5.85. The number of fused-ring (bicyclic) bond motifs is 1. The maximum absolute atomic E-state index is 13.6. The van der Waals surface area contributed by atoms with Gasteiger partial charge in [0.05, 0.1) is 30.3 Å². The number of halogens is 1. The average molecular weight is 525 g/mol. The average Bonchev–Trinajstić information content (AvgIpc) is 2.92. The molecule has 0 atom stereocenters. The summed E-state index contributed by atoms with van der Waals surface area (Å²) in [5.41, 5.74) is 1.29. The molecule has 0 saturated carbocycles. The van der Waals surface area contributed by atoms with Crippen molar-refractivity contribution >= 4 is 22.8 Å². The van der Waals surface area contributed by atoms with Gasteiger partial charge in [-0.3, -0.25) is 14.4 Å². The minimum Gasteiger partial charge on any atom is -0.464 e. The van der Waals surface area contributed by atoms with Crippen LogP contribution in [0.1, 0.15) is 56.6 Å². The van der Waals surface area contributed by atoms with E-state index >= 15 is 0 Å². The molecule has 0 aliphatic rings. The lowest BCUT2D eigenvalue weighted by Crippen LogP contribution is -2.43. The van der Waals surface area contributed by atoms with Crippen LogP contribution in [0.4, 0.5) is 4.39 Å². The number of rotatable bonds is 15. The maximum Gasteiger partial charge on any atom is 0.242 e. The molecule has 0 unspecified atom stereocenters. The van der Waals surface area contributed by atoms with Gasteiger partial charge in [0.1, 0.15) is 11.4 Å². The van der Waals surface area contributed by atoms with Gasteiger partial charge in [-0.05, 0) is 42.7 Å². The fraction of sp³-hybridized carbons (Fsp3) is 0.433. The van der Waals surface area contributed by atoms with Gasteiger partial charge in [0.25, 0.3) is 0 Å². The lowest BCUT2D eigenvalue weighted by molar-refractivity contribution is -0.141. The quantitative estimate of drug-likeness (QED) is 0.252. The Kier molecular flexibility index (Phi) is 11.5. The second kappa shape index (κ2) is 15.0. The molecule has 1 aromatic heterocycles. The standard InChI is InChI=1S/C30H37FN2O5/c1-3-4-5-6-12-28(34)32(17-9-18-37-2)21-29(35)33(19-23-13-15-25(31)16-14-23)20-24-22-38-27-11-8-7-10-26(27)30(24)36/h7-8,10-11,13-16,22H,3-6,9,12,17-21H2,1-2H3. The SMILES string of the molecule is CCCCCCC(=O)N(CCCOC)CC(=O)N(Cc1ccc(F)cc1)Cc1coc2ccccc2c1=O. The maximum atomic E-state index is 13.6. The molecule has 0 saturated heterocycles. The van der Waals surface area contributed by atoms with Crippen molar-refractivity contribution in [2.75, 3.05) is 26.8 Å². The molecule has 7 nitrogen and oxygen atoms in total. The summed E-state index contributed by atoms with van der Waals surface area (Å²) >= 11 is 0. The largest absolute Gasteiger partial charge is 0.464 e. The highest BCUT2D eigenvalue weighted by atomic mass is 19.1. The fourth-order valence-corrected chi connectivity index (χ4v) is 4.29. The number of hydrogen-bond acceptors (Lipinski definition) is 5. The molecule has 2 aromatic carbocycles. The molecule has 3 aromatic rings. The number of carbonyl (C=O) groups is 2. The first-order valence-electron chi connectivity index (χ1n) is 13.2. The molecule has 0 radical (unpaired) electrons. The van der Waals surface area contributed by atoms with Crippen molar-refractivity contribution in [2.45, 2.75) is 58.5 Å². The van der Waals surface area contributed by atoms with Gasteiger partial charge < -0.3 is 19.0 Å². The summed E-state index contributed by atoms with van der Waals surface area (Å²) in [4.78, 5) is 42.9. The van der Waals surface area contributed by atoms with E-state index in [9.17, 15) is 18.8 Å². The first kappa shape index (κ1) is 29.0. The Morgan fingerprint density at radius 1 is 0.921 bits per heavy atom. The van der Waals surface area contributed by atoms with E-state index < -0.39 is 0 Å². The predicted molar refractivity (Wildman–Crippen MR) is 145 cm³/mol. The van der Waals surface area contributed by atoms with Gasteiger partial charge in [-0.25, -0.2) is 4.39 Å². The van der Waals surface area contributed by atoms with E-state index in [2.05, 4.69) is 6.92 Å². The minimum absolute atomic E-state index is 0.0000209. The van der Waals surface area contributed by atoms with Gasteiger partial charge in [0.15, 0.2) is 5.43 Å². The first-order valence-corrected chi connectivity index (χ1v) is 13.2. The zero-order valence-electron chi connectivity index (χ0n) is 22.3. The first-order chi connectivity index (χ1) is 18.4. The summed E-state index contributed by atoms with van der Waals surface area (Å²) < 4.78 is 24.3. The van der Waals surface area contributed by atoms with Gasteiger partial charge >= 0.3 is 0 Å². The number of ether oxygens (including phenoxy) is 1. The molecule has 0 aliphatic heterocycles. The third kappa shape index (κ3) is 8.52. The normalized spacial score (nSPS) is 11.0. The Balaban J connectivity index is 1.82. The van der Waals surface area contributed by atoms with E-state index in [-0.39, 0.29) is 42.7 Å². The van der Waals surface area contributed by atoms with Crippen molar-refractivity contribution in [1.82, 2.24) is 9.80 Å². The smallest absolute Gasteiger partial charge is 0.242 e. The number of unbranched alkanes of at least 4 members (excludes halogenated alkanes) is 3. The number of amides is 2. The van der Waals surface area contributed by atoms with E-state index in [1.165, 1.54) is 23.3 Å². The zero-order chi connectivity index (χ0) is 27.3. The third-order valence-corrected chi connectivity index (χ3v) is 6.45. The van der Waals surface area contributed by atoms with Crippen molar-refractivity contribution < 1.29 is 23.1 Å². The van der Waals surface area contributed by atoms with Crippen molar-refractivity contribution in [3.05, 3.63) is 82.0 Å². The van der Waals surface area contributed by atoms with Crippen LogP contribution >= 0.6 is 0 Å². The van der Waals surface area contributed by atoms with Crippen LogP contribution in [-0.2, 0) is 27.4 Å². The van der Waals surface area contributed by atoms with Crippen molar-refractivity contribution in [2.24, 2.45) is 0 Å².